The fourth-order valence-electron chi connectivity index (χ4n) is 0.593. The van der Waals surface area contributed by atoms with Crippen molar-refractivity contribution in [2.24, 2.45) is 5.73 Å². The van der Waals surface area contributed by atoms with E-state index in [4.69, 9.17) is 5.73 Å². The Balaban J connectivity index is 2.39. The molecule has 0 aliphatic rings. The molecule has 0 saturated carbocycles. The Morgan fingerprint density at radius 2 is 2.45 bits per heavy atom. The smallest absolute Gasteiger partial charge is 0.208 e. The summed E-state index contributed by atoms with van der Waals surface area (Å²) >= 11 is 1.57. The molecule has 1 aromatic rings. The number of hydrogen-bond donors (Lipinski definition) is 2. The molecule has 62 valence electrons. The van der Waals surface area contributed by atoms with Gasteiger partial charge in [-0.05, 0) is 13.8 Å². The maximum absolute atomic E-state index is 5.56. The lowest BCUT2D eigenvalue weighted by atomic mass is 10.4. The van der Waals surface area contributed by atoms with Crippen LogP contribution in [0.25, 0.3) is 0 Å². The number of aryl methyl sites for hydroxylation is 1. The van der Waals surface area contributed by atoms with Gasteiger partial charge in [0.05, 0.1) is 0 Å². The van der Waals surface area contributed by atoms with Gasteiger partial charge in [0.2, 0.25) is 5.16 Å². The summed E-state index contributed by atoms with van der Waals surface area (Å²) in [5.74, 6) is 1.70. The zero-order chi connectivity index (χ0) is 8.27. The summed E-state index contributed by atoms with van der Waals surface area (Å²) in [6.07, 6.45) is 0. The second kappa shape index (κ2) is 3.73. The zero-order valence-corrected chi connectivity index (χ0v) is 7.48. The van der Waals surface area contributed by atoms with Gasteiger partial charge >= 0.3 is 0 Å². The minimum absolute atomic E-state index is 0.193. The third-order valence-corrected chi connectivity index (χ3v) is 2.19. The van der Waals surface area contributed by atoms with Crippen LogP contribution in [0.3, 0.4) is 0 Å². The van der Waals surface area contributed by atoms with Gasteiger partial charge in [0.25, 0.3) is 0 Å². The molecular formula is C6H12N4S. The summed E-state index contributed by atoms with van der Waals surface area (Å²) in [5, 5.41) is 7.51. The SMILES string of the molecule is Cc1nc(SC[C@@H](C)N)n[nH]1. The van der Waals surface area contributed by atoms with Crippen molar-refractivity contribution in [3.8, 4) is 0 Å². The van der Waals surface area contributed by atoms with Gasteiger partial charge in [-0.15, -0.1) is 5.10 Å². The van der Waals surface area contributed by atoms with Gasteiger partial charge in [-0.3, -0.25) is 5.10 Å². The highest BCUT2D eigenvalue weighted by atomic mass is 32.2. The molecule has 0 spiro atoms. The Morgan fingerprint density at radius 1 is 1.73 bits per heavy atom. The van der Waals surface area contributed by atoms with E-state index in [1.807, 2.05) is 13.8 Å². The molecule has 1 atom stereocenters. The molecule has 0 aliphatic heterocycles. The molecule has 0 amide bonds. The third-order valence-electron chi connectivity index (χ3n) is 1.05. The summed E-state index contributed by atoms with van der Waals surface area (Å²) in [7, 11) is 0. The minimum atomic E-state index is 0.193. The number of nitrogens with zero attached hydrogens (tertiary/aromatic N) is 2. The van der Waals surface area contributed by atoms with Gasteiger partial charge in [-0.1, -0.05) is 11.8 Å². The summed E-state index contributed by atoms with van der Waals surface area (Å²) in [6.45, 7) is 3.84. The van der Waals surface area contributed by atoms with Crippen LogP contribution in [0.1, 0.15) is 12.7 Å². The van der Waals surface area contributed by atoms with E-state index in [2.05, 4.69) is 15.2 Å². The maximum atomic E-state index is 5.56. The van der Waals surface area contributed by atoms with E-state index in [0.717, 1.165) is 16.7 Å². The number of nitrogens with one attached hydrogen (secondary N) is 1. The van der Waals surface area contributed by atoms with Crippen molar-refractivity contribution in [1.29, 1.82) is 0 Å². The molecule has 0 bridgehead atoms. The van der Waals surface area contributed by atoms with Gasteiger partial charge in [-0.2, -0.15) is 0 Å². The van der Waals surface area contributed by atoms with E-state index < -0.39 is 0 Å². The summed E-state index contributed by atoms with van der Waals surface area (Å²) < 4.78 is 0. The van der Waals surface area contributed by atoms with E-state index in [1.165, 1.54) is 0 Å². The standard InChI is InChI=1S/C6H12N4S/c1-4(7)3-11-6-8-5(2)9-10-6/h4H,3,7H2,1-2H3,(H,8,9,10)/t4-/m1/s1. The van der Waals surface area contributed by atoms with Crippen LogP contribution in [0, 0.1) is 6.92 Å². The second-order valence-electron chi connectivity index (χ2n) is 2.49. The highest BCUT2D eigenvalue weighted by Gasteiger charge is 2.01. The molecule has 0 unspecified atom stereocenters. The molecule has 4 nitrogen and oxygen atoms in total. The van der Waals surface area contributed by atoms with Crippen molar-refractivity contribution < 1.29 is 0 Å². The fraction of sp³-hybridized carbons (Fsp3) is 0.667. The van der Waals surface area contributed by atoms with Crippen molar-refractivity contribution in [1.82, 2.24) is 15.2 Å². The largest absolute Gasteiger partial charge is 0.327 e. The molecule has 11 heavy (non-hydrogen) atoms. The van der Waals surface area contributed by atoms with Gasteiger partial charge < -0.3 is 5.73 Å². The molecule has 1 aromatic heterocycles. The summed E-state index contributed by atoms with van der Waals surface area (Å²) in [4.78, 5) is 4.12. The predicted octanol–water partition coefficient (Wildman–Crippen LogP) is 0.552. The van der Waals surface area contributed by atoms with E-state index in [0.29, 0.717) is 0 Å². The van der Waals surface area contributed by atoms with Crippen molar-refractivity contribution in [2.75, 3.05) is 5.75 Å². The van der Waals surface area contributed by atoms with E-state index in [-0.39, 0.29) is 6.04 Å². The fourth-order valence-corrected chi connectivity index (χ4v) is 1.32. The van der Waals surface area contributed by atoms with Crippen molar-refractivity contribution in [3.05, 3.63) is 5.82 Å². The van der Waals surface area contributed by atoms with Crippen molar-refractivity contribution in [2.45, 2.75) is 25.0 Å². The Kier molecular flexibility index (Phi) is 2.90. The average Bonchev–Trinajstić information content (AvgIpc) is 2.31. The van der Waals surface area contributed by atoms with Gasteiger partial charge in [0.15, 0.2) is 0 Å². The lowest BCUT2D eigenvalue weighted by Crippen LogP contribution is -2.17. The van der Waals surface area contributed by atoms with E-state index in [9.17, 15) is 0 Å². The molecule has 1 heterocycles. The molecular weight excluding hydrogens is 160 g/mol. The zero-order valence-electron chi connectivity index (χ0n) is 6.66. The maximum Gasteiger partial charge on any atom is 0.208 e. The van der Waals surface area contributed by atoms with Gasteiger partial charge in [0, 0.05) is 11.8 Å². The highest BCUT2D eigenvalue weighted by molar-refractivity contribution is 7.99. The van der Waals surface area contributed by atoms with Crippen LogP contribution in [0.4, 0.5) is 0 Å². The number of rotatable bonds is 3. The number of aromatic nitrogens is 3. The van der Waals surface area contributed by atoms with Gasteiger partial charge in [-0.25, -0.2) is 4.98 Å². The Labute approximate surface area is 70.0 Å². The molecule has 0 aromatic carbocycles. The van der Waals surface area contributed by atoms with Crippen LogP contribution in [-0.2, 0) is 0 Å². The topological polar surface area (TPSA) is 67.6 Å². The third kappa shape index (κ3) is 2.90. The highest BCUT2D eigenvalue weighted by Crippen LogP contribution is 2.11. The van der Waals surface area contributed by atoms with Crippen LogP contribution in [0.15, 0.2) is 5.16 Å². The van der Waals surface area contributed by atoms with Crippen LogP contribution >= 0.6 is 11.8 Å². The Hall–Kier alpha value is -0.550. The first-order valence-corrected chi connectivity index (χ1v) is 4.44. The number of nitrogens with two attached hydrogens (primary N) is 1. The number of thioether (sulfide) groups is 1. The molecule has 5 heteroatoms. The number of aromatic amines is 1. The Morgan fingerprint density at radius 3 is 2.91 bits per heavy atom. The molecule has 0 radical (unpaired) electrons. The van der Waals surface area contributed by atoms with E-state index in [1.54, 1.807) is 11.8 Å². The predicted molar refractivity (Wildman–Crippen MR) is 45.5 cm³/mol. The first-order chi connectivity index (χ1) is 5.18. The van der Waals surface area contributed by atoms with Crippen molar-refractivity contribution in [3.63, 3.8) is 0 Å². The normalized spacial score (nSPS) is 13.4. The first kappa shape index (κ1) is 8.55. The monoisotopic (exact) mass is 172 g/mol. The minimum Gasteiger partial charge on any atom is -0.327 e. The summed E-state index contributed by atoms with van der Waals surface area (Å²) in [5.41, 5.74) is 5.56. The van der Waals surface area contributed by atoms with Crippen LogP contribution in [-0.4, -0.2) is 27.0 Å². The Bertz CT molecular complexity index is 220. The lowest BCUT2D eigenvalue weighted by molar-refractivity contribution is 0.842. The molecule has 0 saturated heterocycles. The molecule has 0 aliphatic carbocycles. The van der Waals surface area contributed by atoms with E-state index >= 15 is 0 Å². The van der Waals surface area contributed by atoms with Crippen molar-refractivity contribution >= 4 is 11.8 Å². The van der Waals surface area contributed by atoms with Gasteiger partial charge in [0.1, 0.15) is 5.82 Å². The lowest BCUT2D eigenvalue weighted by Gasteiger charge is -1.99. The first-order valence-electron chi connectivity index (χ1n) is 3.46. The van der Waals surface area contributed by atoms with Crippen LogP contribution in [0.2, 0.25) is 0 Å². The molecule has 3 N–H and O–H groups in total. The quantitative estimate of drug-likeness (QED) is 0.653. The second-order valence-corrected chi connectivity index (χ2v) is 3.48. The average molecular weight is 172 g/mol. The molecule has 0 fully saturated rings. The molecule has 1 rings (SSSR count). The number of hydrogen-bond acceptors (Lipinski definition) is 4. The number of H-pyrrole nitrogens is 1. The van der Waals surface area contributed by atoms with Crippen LogP contribution < -0.4 is 5.73 Å². The van der Waals surface area contributed by atoms with Crippen LogP contribution in [0.5, 0.6) is 0 Å². The summed E-state index contributed by atoms with van der Waals surface area (Å²) in [6, 6.07) is 0.193.